The summed E-state index contributed by atoms with van der Waals surface area (Å²) >= 11 is 2.73. The van der Waals surface area contributed by atoms with Gasteiger partial charge in [-0.05, 0) is 49.2 Å². The van der Waals surface area contributed by atoms with Crippen LogP contribution in [0.2, 0.25) is 0 Å². The van der Waals surface area contributed by atoms with Crippen molar-refractivity contribution < 1.29 is 19.1 Å². The lowest BCUT2D eigenvalue weighted by Gasteiger charge is -2.23. The standard InChI is InChI=1S/C25H20N4O4S2/c1-14-3-6-16(7-4-14)13-34-25-28-27-24(35-25)29-20(17-9-11-26-12-10-17)19(22(31)23(29)32)21(30)18-8-5-15(2)33-18/h3-12,20,31H,13H2,1-2H3. The van der Waals surface area contributed by atoms with Crippen molar-refractivity contribution in [2.24, 2.45) is 0 Å². The number of ketones is 1. The van der Waals surface area contributed by atoms with Gasteiger partial charge in [-0.25, -0.2) is 0 Å². The third-order valence-corrected chi connectivity index (χ3v) is 7.65. The molecule has 0 saturated heterocycles. The van der Waals surface area contributed by atoms with Crippen LogP contribution in [0.1, 0.15) is 39.0 Å². The summed E-state index contributed by atoms with van der Waals surface area (Å²) in [6.07, 6.45) is 3.13. The molecule has 176 valence electrons. The highest BCUT2D eigenvalue weighted by atomic mass is 32.2. The normalized spacial score (nSPS) is 15.8. The molecule has 1 aromatic carbocycles. The van der Waals surface area contributed by atoms with E-state index in [0.717, 1.165) is 5.56 Å². The molecule has 1 amide bonds. The minimum absolute atomic E-state index is 0.0457. The molecule has 0 aliphatic carbocycles. The fourth-order valence-electron chi connectivity index (χ4n) is 3.77. The van der Waals surface area contributed by atoms with Crippen LogP contribution in [0.4, 0.5) is 5.13 Å². The van der Waals surface area contributed by atoms with Crippen molar-refractivity contribution in [3.8, 4) is 0 Å². The molecular formula is C25H20N4O4S2. The number of anilines is 1. The quantitative estimate of drug-likeness (QED) is 0.207. The van der Waals surface area contributed by atoms with Gasteiger partial charge < -0.3 is 9.52 Å². The number of nitrogens with zero attached hydrogens (tertiary/aromatic N) is 4. The van der Waals surface area contributed by atoms with Crippen LogP contribution in [0.25, 0.3) is 0 Å². The summed E-state index contributed by atoms with van der Waals surface area (Å²) in [7, 11) is 0. The van der Waals surface area contributed by atoms with Gasteiger partial charge in [0.2, 0.25) is 10.9 Å². The Hall–Kier alpha value is -3.76. The van der Waals surface area contributed by atoms with Gasteiger partial charge in [-0.2, -0.15) is 0 Å². The minimum atomic E-state index is -0.897. The number of carbonyl (C=O) groups excluding carboxylic acids is 2. The Morgan fingerprint density at radius 2 is 1.83 bits per heavy atom. The van der Waals surface area contributed by atoms with E-state index in [2.05, 4.69) is 39.4 Å². The third kappa shape index (κ3) is 4.50. The molecule has 0 saturated carbocycles. The first-order valence-corrected chi connectivity index (χ1v) is 12.5. The minimum Gasteiger partial charge on any atom is -0.503 e. The van der Waals surface area contributed by atoms with Crippen molar-refractivity contribution >= 4 is 39.9 Å². The molecule has 5 rings (SSSR count). The van der Waals surface area contributed by atoms with Crippen LogP contribution in [0.3, 0.4) is 0 Å². The number of hydrogen-bond acceptors (Lipinski definition) is 9. The molecule has 4 heterocycles. The summed E-state index contributed by atoms with van der Waals surface area (Å²) in [5.41, 5.74) is 2.87. The Morgan fingerprint density at radius 1 is 1.09 bits per heavy atom. The number of pyridine rings is 1. The van der Waals surface area contributed by atoms with Crippen molar-refractivity contribution in [1.29, 1.82) is 0 Å². The van der Waals surface area contributed by atoms with E-state index in [1.54, 1.807) is 37.5 Å². The van der Waals surface area contributed by atoms with Gasteiger partial charge in [0.25, 0.3) is 5.91 Å². The highest BCUT2D eigenvalue weighted by Crippen LogP contribution is 2.43. The van der Waals surface area contributed by atoms with Crippen LogP contribution < -0.4 is 4.90 Å². The third-order valence-electron chi connectivity index (χ3n) is 5.52. The number of aliphatic hydroxyl groups is 1. The predicted molar refractivity (Wildman–Crippen MR) is 133 cm³/mol. The number of hydrogen-bond donors (Lipinski definition) is 1. The first-order valence-electron chi connectivity index (χ1n) is 10.7. The first-order chi connectivity index (χ1) is 16.9. The van der Waals surface area contributed by atoms with Crippen LogP contribution in [-0.4, -0.2) is 32.0 Å². The monoisotopic (exact) mass is 504 g/mol. The second-order valence-electron chi connectivity index (χ2n) is 7.98. The van der Waals surface area contributed by atoms with Crippen molar-refractivity contribution in [2.75, 3.05) is 4.90 Å². The summed E-state index contributed by atoms with van der Waals surface area (Å²) in [5, 5.41) is 19.5. The van der Waals surface area contributed by atoms with E-state index in [4.69, 9.17) is 4.42 Å². The number of Topliss-reactive ketones (excluding diaryl/α,β-unsaturated/α-hetero) is 1. The van der Waals surface area contributed by atoms with Gasteiger partial charge in [-0.15, -0.1) is 10.2 Å². The van der Waals surface area contributed by atoms with Crippen LogP contribution in [0.5, 0.6) is 0 Å². The zero-order valence-electron chi connectivity index (χ0n) is 18.8. The second-order valence-corrected chi connectivity index (χ2v) is 10.2. The SMILES string of the molecule is Cc1ccc(CSc2nnc(N3C(=O)C(O)=C(C(=O)c4ccc(C)o4)C3c3ccncc3)s2)cc1. The number of benzene rings is 1. The number of amides is 1. The molecule has 1 unspecified atom stereocenters. The van der Waals surface area contributed by atoms with Crippen LogP contribution in [0, 0.1) is 13.8 Å². The molecule has 0 spiro atoms. The molecule has 1 N–H and O–H groups in total. The van der Waals surface area contributed by atoms with Crippen LogP contribution >= 0.6 is 23.1 Å². The maximum absolute atomic E-state index is 13.3. The van der Waals surface area contributed by atoms with Crippen molar-refractivity contribution in [3.05, 3.63) is 100 Å². The summed E-state index contributed by atoms with van der Waals surface area (Å²) in [4.78, 5) is 31.9. The summed E-state index contributed by atoms with van der Waals surface area (Å²) in [5.74, 6) is -0.619. The molecule has 0 radical (unpaired) electrons. The zero-order valence-corrected chi connectivity index (χ0v) is 20.5. The maximum atomic E-state index is 13.3. The maximum Gasteiger partial charge on any atom is 0.296 e. The van der Waals surface area contributed by atoms with E-state index >= 15 is 0 Å². The van der Waals surface area contributed by atoms with E-state index in [9.17, 15) is 14.7 Å². The highest BCUT2D eigenvalue weighted by Gasteiger charge is 2.46. The van der Waals surface area contributed by atoms with Crippen LogP contribution in [0.15, 0.2) is 81.0 Å². The lowest BCUT2D eigenvalue weighted by Crippen LogP contribution is -2.31. The molecule has 0 bridgehead atoms. The molecule has 1 aliphatic heterocycles. The fraction of sp³-hybridized carbons (Fsp3) is 0.160. The number of furan rings is 1. The van der Waals surface area contributed by atoms with Gasteiger partial charge in [0.1, 0.15) is 5.76 Å². The molecule has 35 heavy (non-hydrogen) atoms. The molecule has 8 nitrogen and oxygen atoms in total. The molecular weight excluding hydrogens is 484 g/mol. The van der Waals surface area contributed by atoms with E-state index in [1.807, 2.05) is 6.92 Å². The Kier molecular flexibility index (Phi) is 6.23. The zero-order chi connectivity index (χ0) is 24.5. The Labute approximate surface area is 209 Å². The second kappa shape index (κ2) is 9.47. The van der Waals surface area contributed by atoms with E-state index in [0.29, 0.717) is 21.4 Å². The fourth-order valence-corrected chi connectivity index (χ4v) is 5.60. The Balaban J connectivity index is 1.47. The van der Waals surface area contributed by atoms with Crippen LogP contribution in [-0.2, 0) is 10.5 Å². The van der Waals surface area contributed by atoms with Gasteiger partial charge >= 0.3 is 0 Å². The lowest BCUT2D eigenvalue weighted by molar-refractivity contribution is -0.117. The first kappa shape index (κ1) is 23.0. The van der Waals surface area contributed by atoms with E-state index < -0.39 is 23.5 Å². The molecule has 10 heteroatoms. The summed E-state index contributed by atoms with van der Waals surface area (Å²) < 4.78 is 6.16. The van der Waals surface area contributed by atoms with Crippen molar-refractivity contribution in [2.45, 2.75) is 30.0 Å². The Bertz CT molecular complexity index is 1430. The topological polar surface area (TPSA) is 109 Å². The molecule has 0 fully saturated rings. The number of aliphatic hydroxyl groups excluding tert-OH is 1. The van der Waals surface area contributed by atoms with Gasteiger partial charge in [0.05, 0.1) is 11.6 Å². The van der Waals surface area contributed by atoms with Crippen molar-refractivity contribution in [1.82, 2.24) is 15.2 Å². The predicted octanol–water partition coefficient (Wildman–Crippen LogP) is 5.22. The van der Waals surface area contributed by atoms with E-state index in [1.165, 1.54) is 39.6 Å². The molecule has 1 aliphatic rings. The smallest absolute Gasteiger partial charge is 0.296 e. The summed E-state index contributed by atoms with van der Waals surface area (Å²) in [6, 6.07) is 13.9. The van der Waals surface area contributed by atoms with Crippen molar-refractivity contribution in [3.63, 3.8) is 0 Å². The highest BCUT2D eigenvalue weighted by molar-refractivity contribution is 8.00. The largest absolute Gasteiger partial charge is 0.503 e. The van der Waals surface area contributed by atoms with Gasteiger partial charge in [0.15, 0.2) is 15.9 Å². The number of carbonyl (C=O) groups is 2. The molecule has 4 aromatic rings. The summed E-state index contributed by atoms with van der Waals surface area (Å²) in [6.45, 7) is 3.75. The molecule has 1 atom stereocenters. The number of rotatable bonds is 7. The van der Waals surface area contributed by atoms with Gasteiger partial charge in [-0.3, -0.25) is 19.5 Å². The number of aromatic nitrogens is 3. The number of aryl methyl sites for hydroxylation is 2. The average Bonchev–Trinajstić information content (AvgIpc) is 3.57. The van der Waals surface area contributed by atoms with Gasteiger partial charge in [0, 0.05) is 18.1 Å². The van der Waals surface area contributed by atoms with Gasteiger partial charge in [-0.1, -0.05) is 52.9 Å². The Morgan fingerprint density at radius 3 is 2.51 bits per heavy atom. The molecule has 3 aromatic heterocycles. The van der Waals surface area contributed by atoms with E-state index in [-0.39, 0.29) is 16.5 Å². The average molecular weight is 505 g/mol. The lowest BCUT2D eigenvalue weighted by atomic mass is 9.96. The number of thioether (sulfide) groups is 1.